The Hall–Kier alpha value is -1.56. The summed E-state index contributed by atoms with van der Waals surface area (Å²) in [4.78, 5) is 11.2. The lowest BCUT2D eigenvalue weighted by Crippen LogP contribution is -2.29. The summed E-state index contributed by atoms with van der Waals surface area (Å²) < 4.78 is 23.4. The van der Waals surface area contributed by atoms with E-state index in [9.17, 15) is 13.2 Å². The van der Waals surface area contributed by atoms with Gasteiger partial charge in [-0.25, -0.2) is 8.42 Å². The molecule has 0 saturated carbocycles. The lowest BCUT2D eigenvalue weighted by Gasteiger charge is -2.03. The Morgan fingerprint density at radius 1 is 1.31 bits per heavy atom. The molecule has 0 aliphatic rings. The molecular weight excluding hydrogens is 228 g/mol. The van der Waals surface area contributed by atoms with Crippen molar-refractivity contribution in [2.24, 2.45) is 0 Å². The Morgan fingerprint density at radius 2 is 1.88 bits per heavy atom. The van der Waals surface area contributed by atoms with Crippen molar-refractivity contribution in [3.63, 3.8) is 0 Å². The molecule has 88 valence electrons. The third-order valence-corrected chi connectivity index (χ3v) is 2.52. The molecule has 0 aliphatic heterocycles. The van der Waals surface area contributed by atoms with Crippen LogP contribution in [0.3, 0.4) is 0 Å². The van der Waals surface area contributed by atoms with Crippen LogP contribution in [0.25, 0.3) is 0 Å². The van der Waals surface area contributed by atoms with Crippen LogP contribution in [-0.4, -0.2) is 20.6 Å². The Morgan fingerprint density at radius 3 is 2.38 bits per heavy atom. The van der Waals surface area contributed by atoms with Crippen molar-refractivity contribution in [1.82, 2.24) is 4.72 Å². The van der Waals surface area contributed by atoms with Crippen molar-refractivity contribution in [2.75, 3.05) is 12.0 Å². The predicted octanol–water partition coefficient (Wildman–Crippen LogP) is 0.277. The van der Waals surface area contributed by atoms with E-state index >= 15 is 0 Å². The van der Waals surface area contributed by atoms with Crippen LogP contribution < -0.4 is 10.5 Å². The minimum Gasteiger partial charge on any atom is -0.399 e. The molecule has 0 radical (unpaired) electrons. The standard InChI is InChI=1S/C10H14N2O3S/c1-16(14,15)12-10(13)7-4-8-2-5-9(11)6-3-8/h2-3,5-6H,4,7,11H2,1H3,(H,12,13). The highest BCUT2D eigenvalue weighted by Crippen LogP contribution is 2.07. The van der Waals surface area contributed by atoms with Gasteiger partial charge in [0.25, 0.3) is 0 Å². The second-order valence-electron chi connectivity index (χ2n) is 3.54. The second-order valence-corrected chi connectivity index (χ2v) is 5.29. The van der Waals surface area contributed by atoms with Gasteiger partial charge in [-0.15, -0.1) is 0 Å². The number of carbonyl (C=O) groups excluding carboxylic acids is 1. The maximum atomic E-state index is 11.2. The zero-order valence-electron chi connectivity index (χ0n) is 8.93. The van der Waals surface area contributed by atoms with Gasteiger partial charge in [0.05, 0.1) is 6.26 Å². The predicted molar refractivity (Wildman–Crippen MR) is 62.2 cm³/mol. The topological polar surface area (TPSA) is 89.3 Å². The number of nitrogen functional groups attached to an aromatic ring is 1. The highest BCUT2D eigenvalue weighted by atomic mass is 32.2. The minimum absolute atomic E-state index is 0.136. The van der Waals surface area contributed by atoms with Crippen LogP contribution in [0.2, 0.25) is 0 Å². The van der Waals surface area contributed by atoms with Gasteiger partial charge in [-0.1, -0.05) is 12.1 Å². The first-order chi connectivity index (χ1) is 7.37. The lowest BCUT2D eigenvalue weighted by atomic mass is 10.1. The van der Waals surface area contributed by atoms with Gasteiger partial charge in [-0.2, -0.15) is 0 Å². The molecule has 0 heterocycles. The number of anilines is 1. The van der Waals surface area contributed by atoms with Gasteiger partial charge in [0.1, 0.15) is 0 Å². The maximum Gasteiger partial charge on any atom is 0.233 e. The maximum absolute atomic E-state index is 11.2. The summed E-state index contributed by atoms with van der Waals surface area (Å²) in [6.45, 7) is 0. The molecule has 5 nitrogen and oxygen atoms in total. The van der Waals surface area contributed by atoms with E-state index in [0.29, 0.717) is 12.1 Å². The van der Waals surface area contributed by atoms with E-state index in [0.717, 1.165) is 11.8 Å². The summed E-state index contributed by atoms with van der Waals surface area (Å²) in [7, 11) is -3.45. The number of nitrogens with one attached hydrogen (secondary N) is 1. The zero-order chi connectivity index (χ0) is 12.2. The first-order valence-corrected chi connectivity index (χ1v) is 6.61. The summed E-state index contributed by atoms with van der Waals surface area (Å²) in [6.07, 6.45) is 1.58. The molecule has 0 aromatic heterocycles. The van der Waals surface area contributed by atoms with E-state index in [1.165, 1.54) is 0 Å². The molecule has 0 aliphatic carbocycles. The quantitative estimate of drug-likeness (QED) is 0.742. The molecule has 0 fully saturated rings. The number of aryl methyl sites for hydroxylation is 1. The van der Waals surface area contributed by atoms with Gasteiger partial charge in [0, 0.05) is 12.1 Å². The number of sulfonamides is 1. The Labute approximate surface area is 94.7 Å². The number of nitrogens with two attached hydrogens (primary N) is 1. The number of carbonyl (C=O) groups is 1. The van der Waals surface area contributed by atoms with Crippen LogP contribution in [0.4, 0.5) is 5.69 Å². The molecule has 1 amide bonds. The molecule has 0 atom stereocenters. The number of amides is 1. The number of rotatable bonds is 4. The smallest absolute Gasteiger partial charge is 0.233 e. The average molecular weight is 242 g/mol. The Balaban J connectivity index is 2.46. The second kappa shape index (κ2) is 4.98. The highest BCUT2D eigenvalue weighted by Gasteiger charge is 2.07. The molecule has 6 heteroatoms. The van der Waals surface area contributed by atoms with Crippen molar-refractivity contribution in [3.05, 3.63) is 29.8 Å². The fraction of sp³-hybridized carbons (Fsp3) is 0.300. The van der Waals surface area contributed by atoms with Crippen LogP contribution in [0.5, 0.6) is 0 Å². The monoisotopic (exact) mass is 242 g/mol. The fourth-order valence-electron chi connectivity index (χ4n) is 1.20. The summed E-state index contributed by atoms with van der Waals surface area (Å²) in [5.74, 6) is -0.501. The Kier molecular flexibility index (Phi) is 3.89. The SMILES string of the molecule is CS(=O)(=O)NC(=O)CCc1ccc(N)cc1. The third kappa shape index (κ3) is 4.79. The van der Waals surface area contributed by atoms with E-state index in [1.54, 1.807) is 12.1 Å². The largest absolute Gasteiger partial charge is 0.399 e. The summed E-state index contributed by atoms with van der Waals surface area (Å²) >= 11 is 0. The van der Waals surface area contributed by atoms with E-state index in [1.807, 2.05) is 16.9 Å². The van der Waals surface area contributed by atoms with Crippen LogP contribution in [0, 0.1) is 0 Å². The van der Waals surface area contributed by atoms with Gasteiger partial charge in [0.15, 0.2) is 0 Å². The molecule has 1 aromatic carbocycles. The summed E-state index contributed by atoms with van der Waals surface area (Å²) in [6, 6.07) is 7.10. The Bertz CT molecular complexity index is 465. The van der Waals surface area contributed by atoms with E-state index in [2.05, 4.69) is 0 Å². The number of hydrogen-bond donors (Lipinski definition) is 2. The van der Waals surface area contributed by atoms with Crippen molar-refractivity contribution in [3.8, 4) is 0 Å². The molecule has 3 N–H and O–H groups in total. The zero-order valence-corrected chi connectivity index (χ0v) is 9.75. The molecule has 0 bridgehead atoms. The van der Waals surface area contributed by atoms with Crippen LogP contribution >= 0.6 is 0 Å². The van der Waals surface area contributed by atoms with E-state index < -0.39 is 15.9 Å². The van der Waals surface area contributed by atoms with E-state index in [-0.39, 0.29) is 6.42 Å². The van der Waals surface area contributed by atoms with Gasteiger partial charge >= 0.3 is 0 Å². The van der Waals surface area contributed by atoms with Gasteiger partial charge in [0.2, 0.25) is 15.9 Å². The third-order valence-electron chi connectivity index (χ3n) is 1.92. The normalized spacial score (nSPS) is 11.1. The summed E-state index contributed by atoms with van der Waals surface area (Å²) in [5.41, 5.74) is 7.11. The number of benzene rings is 1. The van der Waals surface area contributed by atoms with Crippen LogP contribution in [-0.2, 0) is 21.2 Å². The first kappa shape index (κ1) is 12.5. The van der Waals surface area contributed by atoms with Crippen molar-refractivity contribution >= 4 is 21.6 Å². The van der Waals surface area contributed by atoms with E-state index in [4.69, 9.17) is 5.73 Å². The molecule has 0 unspecified atom stereocenters. The first-order valence-electron chi connectivity index (χ1n) is 4.72. The van der Waals surface area contributed by atoms with Crippen LogP contribution in [0.1, 0.15) is 12.0 Å². The van der Waals surface area contributed by atoms with Gasteiger partial charge in [-0.05, 0) is 24.1 Å². The molecule has 0 spiro atoms. The average Bonchev–Trinajstić information content (AvgIpc) is 2.14. The van der Waals surface area contributed by atoms with Gasteiger partial charge < -0.3 is 5.73 Å². The van der Waals surface area contributed by atoms with Crippen molar-refractivity contribution < 1.29 is 13.2 Å². The molecule has 1 rings (SSSR count). The van der Waals surface area contributed by atoms with Crippen molar-refractivity contribution in [2.45, 2.75) is 12.8 Å². The van der Waals surface area contributed by atoms with Gasteiger partial charge in [-0.3, -0.25) is 9.52 Å². The lowest BCUT2D eigenvalue weighted by molar-refractivity contribution is -0.119. The molecular formula is C10H14N2O3S. The molecule has 0 saturated heterocycles. The minimum atomic E-state index is -3.45. The highest BCUT2D eigenvalue weighted by molar-refractivity contribution is 7.89. The number of hydrogen-bond acceptors (Lipinski definition) is 4. The molecule has 1 aromatic rings. The summed E-state index contributed by atoms with van der Waals surface area (Å²) in [5, 5.41) is 0. The molecule has 16 heavy (non-hydrogen) atoms. The van der Waals surface area contributed by atoms with Crippen molar-refractivity contribution in [1.29, 1.82) is 0 Å². The fourth-order valence-corrected chi connectivity index (χ4v) is 1.72. The van der Waals surface area contributed by atoms with Crippen LogP contribution in [0.15, 0.2) is 24.3 Å².